The van der Waals surface area contributed by atoms with Crippen molar-refractivity contribution >= 4 is 0 Å². The van der Waals surface area contributed by atoms with Gasteiger partial charge in [-0.05, 0) is 30.9 Å². The molecule has 3 heteroatoms. The number of rotatable bonds is 8. The molecule has 0 amide bonds. The molecular formula is C16H27NO2. The van der Waals surface area contributed by atoms with Gasteiger partial charge in [-0.25, -0.2) is 0 Å². The Morgan fingerprint density at radius 3 is 2.53 bits per heavy atom. The van der Waals surface area contributed by atoms with Crippen molar-refractivity contribution < 1.29 is 9.84 Å². The lowest BCUT2D eigenvalue weighted by Crippen LogP contribution is -2.36. The lowest BCUT2D eigenvalue weighted by Gasteiger charge is -2.18. The first-order valence-electron chi connectivity index (χ1n) is 7.17. The molecule has 0 aliphatic rings. The topological polar surface area (TPSA) is 41.5 Å². The van der Waals surface area contributed by atoms with Crippen LogP contribution in [0.5, 0.6) is 5.75 Å². The van der Waals surface area contributed by atoms with E-state index in [1.807, 2.05) is 18.2 Å². The summed E-state index contributed by atoms with van der Waals surface area (Å²) in [6, 6.07) is 8.44. The molecule has 0 aliphatic heterocycles. The number of benzene rings is 1. The standard InChI is InChI=1S/C16H27NO2/c1-5-13(4)17-10-14(18)11-19-16-9-7-6-8-15(16)12(2)3/h6-9,12-14,17-18H,5,10-11H2,1-4H3/t13-,14-/m1/s1. The maximum atomic E-state index is 9.90. The highest BCUT2D eigenvalue weighted by molar-refractivity contribution is 5.35. The lowest BCUT2D eigenvalue weighted by atomic mass is 10.0. The first kappa shape index (κ1) is 16.0. The largest absolute Gasteiger partial charge is 0.491 e. The Kier molecular flexibility index (Phi) is 6.89. The zero-order chi connectivity index (χ0) is 14.3. The van der Waals surface area contributed by atoms with Crippen LogP contribution < -0.4 is 10.1 Å². The summed E-state index contributed by atoms with van der Waals surface area (Å²) in [6.07, 6.45) is 0.582. The monoisotopic (exact) mass is 265 g/mol. The second kappa shape index (κ2) is 8.18. The molecule has 2 N–H and O–H groups in total. The highest BCUT2D eigenvalue weighted by Crippen LogP contribution is 2.25. The fraction of sp³-hybridized carbons (Fsp3) is 0.625. The summed E-state index contributed by atoms with van der Waals surface area (Å²) < 4.78 is 5.74. The SMILES string of the molecule is CC[C@@H](C)NC[C@@H](O)COc1ccccc1C(C)C. The van der Waals surface area contributed by atoms with Gasteiger partial charge >= 0.3 is 0 Å². The maximum Gasteiger partial charge on any atom is 0.122 e. The van der Waals surface area contributed by atoms with E-state index in [9.17, 15) is 5.11 Å². The predicted molar refractivity (Wildman–Crippen MR) is 79.8 cm³/mol. The minimum absolute atomic E-state index is 0.327. The number of aliphatic hydroxyl groups is 1. The molecule has 0 fully saturated rings. The van der Waals surface area contributed by atoms with Crippen molar-refractivity contribution in [3.63, 3.8) is 0 Å². The Hall–Kier alpha value is -1.06. The third-order valence-electron chi connectivity index (χ3n) is 3.29. The average molecular weight is 265 g/mol. The van der Waals surface area contributed by atoms with Gasteiger partial charge in [-0.3, -0.25) is 0 Å². The molecule has 0 bridgehead atoms. The molecule has 0 saturated heterocycles. The van der Waals surface area contributed by atoms with Crippen molar-refractivity contribution in [3.8, 4) is 5.75 Å². The molecule has 0 spiro atoms. The van der Waals surface area contributed by atoms with Crippen LogP contribution in [0.3, 0.4) is 0 Å². The summed E-state index contributed by atoms with van der Waals surface area (Å²) in [5.74, 6) is 1.30. The molecule has 0 aromatic heterocycles. The number of aliphatic hydroxyl groups excluding tert-OH is 1. The zero-order valence-electron chi connectivity index (χ0n) is 12.5. The fourth-order valence-electron chi connectivity index (χ4n) is 1.82. The van der Waals surface area contributed by atoms with E-state index in [1.54, 1.807) is 0 Å². The molecule has 108 valence electrons. The lowest BCUT2D eigenvalue weighted by molar-refractivity contribution is 0.103. The van der Waals surface area contributed by atoms with Gasteiger partial charge in [-0.15, -0.1) is 0 Å². The van der Waals surface area contributed by atoms with Gasteiger partial charge in [0, 0.05) is 12.6 Å². The molecule has 19 heavy (non-hydrogen) atoms. The third-order valence-corrected chi connectivity index (χ3v) is 3.29. The van der Waals surface area contributed by atoms with E-state index in [4.69, 9.17) is 4.74 Å². The number of ether oxygens (including phenoxy) is 1. The van der Waals surface area contributed by atoms with Crippen LogP contribution in [0.4, 0.5) is 0 Å². The van der Waals surface area contributed by atoms with Crippen LogP contribution in [-0.4, -0.2) is 30.4 Å². The van der Waals surface area contributed by atoms with Gasteiger partial charge in [0.2, 0.25) is 0 Å². The van der Waals surface area contributed by atoms with Crippen molar-refractivity contribution in [2.24, 2.45) is 0 Å². The normalized spacial score (nSPS) is 14.4. The molecule has 1 aromatic rings. The summed E-state index contributed by atoms with van der Waals surface area (Å²) in [5.41, 5.74) is 1.18. The van der Waals surface area contributed by atoms with E-state index in [1.165, 1.54) is 5.56 Å². The third kappa shape index (κ3) is 5.62. The fourth-order valence-corrected chi connectivity index (χ4v) is 1.82. The summed E-state index contributed by atoms with van der Waals surface area (Å²) in [6.45, 7) is 9.42. The Bertz CT molecular complexity index is 366. The first-order valence-corrected chi connectivity index (χ1v) is 7.17. The predicted octanol–water partition coefficient (Wildman–Crippen LogP) is 2.94. The molecule has 0 radical (unpaired) electrons. The number of nitrogens with one attached hydrogen (secondary N) is 1. The Balaban J connectivity index is 2.44. The molecule has 0 saturated carbocycles. The smallest absolute Gasteiger partial charge is 0.122 e. The minimum Gasteiger partial charge on any atom is -0.491 e. The van der Waals surface area contributed by atoms with Crippen molar-refractivity contribution in [3.05, 3.63) is 29.8 Å². The number of para-hydroxylation sites is 1. The van der Waals surface area contributed by atoms with E-state index >= 15 is 0 Å². The van der Waals surface area contributed by atoms with Crippen molar-refractivity contribution in [2.75, 3.05) is 13.2 Å². The van der Waals surface area contributed by atoms with Crippen LogP contribution in [0.2, 0.25) is 0 Å². The van der Waals surface area contributed by atoms with E-state index in [-0.39, 0.29) is 0 Å². The quantitative estimate of drug-likeness (QED) is 0.759. The zero-order valence-corrected chi connectivity index (χ0v) is 12.5. The van der Waals surface area contributed by atoms with Crippen LogP contribution >= 0.6 is 0 Å². The summed E-state index contributed by atoms with van der Waals surface area (Å²) >= 11 is 0. The van der Waals surface area contributed by atoms with Gasteiger partial charge in [-0.1, -0.05) is 39.0 Å². The van der Waals surface area contributed by atoms with Crippen molar-refractivity contribution in [1.82, 2.24) is 5.32 Å². The highest BCUT2D eigenvalue weighted by atomic mass is 16.5. The van der Waals surface area contributed by atoms with Gasteiger partial charge in [0.05, 0.1) is 0 Å². The van der Waals surface area contributed by atoms with E-state index in [0.29, 0.717) is 25.1 Å². The van der Waals surface area contributed by atoms with Crippen LogP contribution in [0.15, 0.2) is 24.3 Å². The maximum absolute atomic E-state index is 9.90. The van der Waals surface area contributed by atoms with Crippen LogP contribution in [-0.2, 0) is 0 Å². The van der Waals surface area contributed by atoms with Gasteiger partial charge in [0.15, 0.2) is 0 Å². The molecular weight excluding hydrogens is 238 g/mol. The van der Waals surface area contributed by atoms with E-state index in [2.05, 4.69) is 39.1 Å². The molecule has 0 unspecified atom stereocenters. The van der Waals surface area contributed by atoms with Crippen LogP contribution in [0.1, 0.15) is 45.6 Å². The van der Waals surface area contributed by atoms with Crippen LogP contribution in [0, 0.1) is 0 Å². The Labute approximate surface area is 117 Å². The van der Waals surface area contributed by atoms with Gasteiger partial charge in [0.1, 0.15) is 18.5 Å². The van der Waals surface area contributed by atoms with Crippen molar-refractivity contribution in [2.45, 2.75) is 52.2 Å². The second-order valence-electron chi connectivity index (χ2n) is 5.37. The molecule has 0 heterocycles. The Morgan fingerprint density at radius 1 is 1.21 bits per heavy atom. The molecule has 2 atom stereocenters. The number of hydrogen-bond acceptors (Lipinski definition) is 3. The molecule has 1 rings (SSSR count). The Morgan fingerprint density at radius 2 is 1.89 bits per heavy atom. The summed E-state index contributed by atoms with van der Waals surface area (Å²) in [5, 5.41) is 13.2. The first-order chi connectivity index (χ1) is 9.04. The average Bonchev–Trinajstić information content (AvgIpc) is 2.42. The molecule has 0 aliphatic carbocycles. The number of hydrogen-bond donors (Lipinski definition) is 2. The molecule has 3 nitrogen and oxygen atoms in total. The van der Waals surface area contributed by atoms with E-state index < -0.39 is 6.10 Å². The van der Waals surface area contributed by atoms with Gasteiger partial charge in [0.25, 0.3) is 0 Å². The summed E-state index contributed by atoms with van der Waals surface area (Å²) in [4.78, 5) is 0. The summed E-state index contributed by atoms with van der Waals surface area (Å²) in [7, 11) is 0. The van der Waals surface area contributed by atoms with Crippen molar-refractivity contribution in [1.29, 1.82) is 0 Å². The molecule has 1 aromatic carbocycles. The van der Waals surface area contributed by atoms with Crippen LogP contribution in [0.25, 0.3) is 0 Å². The highest BCUT2D eigenvalue weighted by Gasteiger charge is 2.10. The minimum atomic E-state index is -0.478. The van der Waals surface area contributed by atoms with E-state index in [0.717, 1.165) is 12.2 Å². The van der Waals surface area contributed by atoms with Gasteiger partial charge < -0.3 is 15.2 Å². The second-order valence-corrected chi connectivity index (χ2v) is 5.37. The van der Waals surface area contributed by atoms with Gasteiger partial charge in [-0.2, -0.15) is 0 Å².